The molecule has 0 saturated carbocycles. The molecule has 1 aliphatic heterocycles. The van der Waals surface area contributed by atoms with Gasteiger partial charge < -0.3 is 15.8 Å². The van der Waals surface area contributed by atoms with Crippen molar-refractivity contribution in [3.63, 3.8) is 0 Å². The van der Waals surface area contributed by atoms with Gasteiger partial charge in [-0.05, 0) is 12.3 Å². The van der Waals surface area contributed by atoms with E-state index in [9.17, 15) is 0 Å². The second kappa shape index (κ2) is 10.7. The predicted octanol–water partition coefficient (Wildman–Crippen LogP) is 1.28. The average Bonchev–Trinajstić information content (AvgIpc) is 2.33. The molecule has 0 amide bonds. The smallest absolute Gasteiger partial charge is 0.188 e. The largest absolute Gasteiger partial charge is 0.374 e. The molecule has 0 bridgehead atoms. The summed E-state index contributed by atoms with van der Waals surface area (Å²) < 4.78 is 5.71. The summed E-state index contributed by atoms with van der Waals surface area (Å²) in [5.41, 5.74) is 5.76. The van der Waals surface area contributed by atoms with Crippen molar-refractivity contribution in [2.75, 3.05) is 39.3 Å². The first-order chi connectivity index (χ1) is 8.61. The number of nitrogens with zero attached hydrogens (tertiary/aromatic N) is 2. The summed E-state index contributed by atoms with van der Waals surface area (Å²) in [6, 6.07) is 0. The number of morpholine rings is 1. The molecule has 114 valence electrons. The zero-order valence-electron chi connectivity index (χ0n) is 12.4. The van der Waals surface area contributed by atoms with E-state index in [1.807, 2.05) is 0 Å². The Morgan fingerprint density at radius 1 is 1.53 bits per heavy atom. The summed E-state index contributed by atoms with van der Waals surface area (Å²) in [7, 11) is 0. The summed E-state index contributed by atoms with van der Waals surface area (Å²) in [4.78, 5) is 6.78. The maximum absolute atomic E-state index is 5.76. The lowest BCUT2D eigenvalue weighted by atomic mass is 10.2. The zero-order chi connectivity index (χ0) is 13.4. The SMILES string of the molecule is CCCNC(N)=NCC1CN(CC(C)C)CCO1.I. The van der Waals surface area contributed by atoms with Crippen molar-refractivity contribution in [2.45, 2.75) is 33.3 Å². The summed E-state index contributed by atoms with van der Waals surface area (Å²) in [5, 5.41) is 3.07. The molecule has 0 radical (unpaired) electrons. The van der Waals surface area contributed by atoms with Crippen LogP contribution >= 0.6 is 24.0 Å². The van der Waals surface area contributed by atoms with Crippen LogP contribution in [0, 0.1) is 5.92 Å². The molecular formula is C13H29IN4O. The van der Waals surface area contributed by atoms with Gasteiger partial charge in [0.25, 0.3) is 0 Å². The second-order valence-corrected chi connectivity index (χ2v) is 5.30. The van der Waals surface area contributed by atoms with Crippen LogP contribution in [0.3, 0.4) is 0 Å². The van der Waals surface area contributed by atoms with Crippen molar-refractivity contribution in [2.24, 2.45) is 16.6 Å². The highest BCUT2D eigenvalue weighted by Crippen LogP contribution is 2.08. The van der Waals surface area contributed by atoms with E-state index in [-0.39, 0.29) is 30.1 Å². The van der Waals surface area contributed by atoms with Crippen molar-refractivity contribution in [3.05, 3.63) is 0 Å². The van der Waals surface area contributed by atoms with Gasteiger partial charge in [-0.3, -0.25) is 9.89 Å². The quantitative estimate of drug-likeness (QED) is 0.412. The highest BCUT2D eigenvalue weighted by Gasteiger charge is 2.20. The number of ether oxygens (including phenoxy) is 1. The van der Waals surface area contributed by atoms with Crippen LogP contribution in [0.5, 0.6) is 0 Å². The highest BCUT2D eigenvalue weighted by atomic mass is 127. The number of hydrogen-bond donors (Lipinski definition) is 2. The lowest BCUT2D eigenvalue weighted by Crippen LogP contribution is -2.45. The second-order valence-electron chi connectivity index (χ2n) is 5.30. The molecular weight excluding hydrogens is 355 g/mol. The van der Waals surface area contributed by atoms with Crippen molar-refractivity contribution < 1.29 is 4.74 Å². The highest BCUT2D eigenvalue weighted by molar-refractivity contribution is 14.0. The lowest BCUT2D eigenvalue weighted by molar-refractivity contribution is -0.0261. The Morgan fingerprint density at radius 3 is 2.89 bits per heavy atom. The lowest BCUT2D eigenvalue weighted by Gasteiger charge is -2.33. The Morgan fingerprint density at radius 2 is 2.26 bits per heavy atom. The molecule has 1 unspecified atom stereocenters. The normalized spacial score (nSPS) is 21.3. The Balaban J connectivity index is 0.00000324. The number of guanidine groups is 1. The van der Waals surface area contributed by atoms with Crippen LogP contribution < -0.4 is 11.1 Å². The van der Waals surface area contributed by atoms with Crippen molar-refractivity contribution in [1.82, 2.24) is 10.2 Å². The number of nitrogens with two attached hydrogens (primary N) is 1. The molecule has 0 aromatic carbocycles. The van der Waals surface area contributed by atoms with Crippen LogP contribution in [0.1, 0.15) is 27.2 Å². The van der Waals surface area contributed by atoms with Gasteiger partial charge in [-0.1, -0.05) is 20.8 Å². The van der Waals surface area contributed by atoms with E-state index in [1.165, 1.54) is 0 Å². The van der Waals surface area contributed by atoms with Crippen molar-refractivity contribution in [1.29, 1.82) is 0 Å². The Kier molecular flexibility index (Phi) is 10.6. The fraction of sp³-hybridized carbons (Fsp3) is 0.923. The minimum absolute atomic E-state index is 0. The monoisotopic (exact) mass is 384 g/mol. The number of aliphatic imine (C=N–C) groups is 1. The van der Waals surface area contributed by atoms with Crippen LogP contribution in [-0.2, 0) is 4.74 Å². The zero-order valence-corrected chi connectivity index (χ0v) is 14.7. The van der Waals surface area contributed by atoms with Crippen LogP contribution in [0.4, 0.5) is 0 Å². The van der Waals surface area contributed by atoms with E-state index in [0.717, 1.165) is 39.2 Å². The van der Waals surface area contributed by atoms with Gasteiger partial charge in [0.2, 0.25) is 0 Å². The Labute approximate surface area is 134 Å². The van der Waals surface area contributed by atoms with Crippen LogP contribution in [-0.4, -0.2) is 56.3 Å². The summed E-state index contributed by atoms with van der Waals surface area (Å²) in [6.07, 6.45) is 1.23. The van der Waals surface area contributed by atoms with Gasteiger partial charge in [0, 0.05) is 26.2 Å². The van der Waals surface area contributed by atoms with Crippen LogP contribution in [0.15, 0.2) is 4.99 Å². The van der Waals surface area contributed by atoms with Gasteiger partial charge in [-0.15, -0.1) is 24.0 Å². The summed E-state index contributed by atoms with van der Waals surface area (Å²) in [5.74, 6) is 1.23. The first-order valence-corrected chi connectivity index (χ1v) is 6.99. The third-order valence-electron chi connectivity index (χ3n) is 2.87. The minimum Gasteiger partial charge on any atom is -0.374 e. The van der Waals surface area contributed by atoms with Gasteiger partial charge in [-0.2, -0.15) is 0 Å². The predicted molar refractivity (Wildman–Crippen MR) is 91.2 cm³/mol. The molecule has 1 heterocycles. The topological polar surface area (TPSA) is 62.9 Å². The van der Waals surface area contributed by atoms with E-state index in [4.69, 9.17) is 10.5 Å². The standard InChI is InChI=1S/C13H28N4O.HI/c1-4-5-15-13(14)16-8-12-10-17(6-7-18-12)9-11(2)3;/h11-12H,4-10H2,1-3H3,(H3,14,15,16);1H. The molecule has 1 rings (SSSR count). The van der Waals surface area contributed by atoms with Gasteiger partial charge in [0.05, 0.1) is 19.3 Å². The van der Waals surface area contributed by atoms with Gasteiger partial charge in [0.1, 0.15) is 0 Å². The number of rotatable bonds is 6. The molecule has 1 fully saturated rings. The number of halogens is 1. The van der Waals surface area contributed by atoms with Crippen LogP contribution in [0.25, 0.3) is 0 Å². The maximum Gasteiger partial charge on any atom is 0.188 e. The van der Waals surface area contributed by atoms with Crippen LogP contribution in [0.2, 0.25) is 0 Å². The van der Waals surface area contributed by atoms with E-state index in [2.05, 4.69) is 36.0 Å². The van der Waals surface area contributed by atoms with Gasteiger partial charge in [-0.25, -0.2) is 0 Å². The molecule has 19 heavy (non-hydrogen) atoms. The average molecular weight is 384 g/mol. The van der Waals surface area contributed by atoms with Gasteiger partial charge >= 0.3 is 0 Å². The summed E-state index contributed by atoms with van der Waals surface area (Å²) in [6.45, 7) is 12.0. The van der Waals surface area contributed by atoms with E-state index < -0.39 is 0 Å². The molecule has 1 atom stereocenters. The third-order valence-corrected chi connectivity index (χ3v) is 2.87. The molecule has 0 aliphatic carbocycles. The Hall–Kier alpha value is -0.0800. The molecule has 0 spiro atoms. The first kappa shape index (κ1) is 18.9. The Bertz CT molecular complexity index is 261. The molecule has 1 aliphatic rings. The third kappa shape index (κ3) is 8.65. The van der Waals surface area contributed by atoms with Gasteiger partial charge in [0.15, 0.2) is 5.96 Å². The number of hydrogen-bond acceptors (Lipinski definition) is 3. The fourth-order valence-electron chi connectivity index (χ4n) is 2.08. The molecule has 3 N–H and O–H groups in total. The maximum atomic E-state index is 5.76. The molecule has 5 nitrogen and oxygen atoms in total. The van der Waals surface area contributed by atoms with E-state index in [0.29, 0.717) is 18.4 Å². The molecule has 6 heteroatoms. The van der Waals surface area contributed by atoms with Crippen molar-refractivity contribution >= 4 is 29.9 Å². The molecule has 0 aromatic heterocycles. The van der Waals surface area contributed by atoms with Crippen molar-refractivity contribution in [3.8, 4) is 0 Å². The number of nitrogens with one attached hydrogen (secondary N) is 1. The molecule has 1 saturated heterocycles. The minimum atomic E-state index is 0. The molecule has 0 aromatic rings. The fourth-order valence-corrected chi connectivity index (χ4v) is 2.08. The van der Waals surface area contributed by atoms with E-state index >= 15 is 0 Å². The summed E-state index contributed by atoms with van der Waals surface area (Å²) >= 11 is 0. The first-order valence-electron chi connectivity index (χ1n) is 6.99. The van der Waals surface area contributed by atoms with E-state index in [1.54, 1.807) is 0 Å².